The fourth-order valence-electron chi connectivity index (χ4n) is 2.55. The van der Waals surface area contributed by atoms with E-state index in [0.29, 0.717) is 10.8 Å². The first kappa shape index (κ1) is 15.9. The number of benzene rings is 1. The maximum Gasteiger partial charge on any atom is 0.137 e. The highest BCUT2D eigenvalue weighted by molar-refractivity contribution is 6.32. The number of halogens is 1. The third kappa shape index (κ3) is 3.39. The third-order valence-corrected chi connectivity index (χ3v) is 4.28. The average Bonchev–Trinajstić information content (AvgIpc) is 2.70. The molecule has 0 aliphatic heterocycles. The maximum atomic E-state index is 6.30. The topological polar surface area (TPSA) is 53.1 Å². The zero-order chi connectivity index (χ0) is 15.6. The van der Waals surface area contributed by atoms with Gasteiger partial charge in [-0.25, -0.2) is 0 Å². The predicted octanol–water partition coefficient (Wildman–Crippen LogP) is 3.33. The predicted molar refractivity (Wildman–Crippen MR) is 85.9 cm³/mol. The summed E-state index contributed by atoms with van der Waals surface area (Å²) in [5.74, 6) is 0.665. The van der Waals surface area contributed by atoms with Crippen molar-refractivity contribution in [2.45, 2.75) is 32.7 Å². The van der Waals surface area contributed by atoms with Crippen LogP contribution >= 0.6 is 11.6 Å². The summed E-state index contributed by atoms with van der Waals surface area (Å²) in [5.41, 5.74) is 10.9. The van der Waals surface area contributed by atoms with Crippen molar-refractivity contribution in [3.63, 3.8) is 0 Å². The quantitative estimate of drug-likeness (QED) is 0.922. The Morgan fingerprint density at radius 3 is 2.67 bits per heavy atom. The molecule has 21 heavy (non-hydrogen) atoms. The van der Waals surface area contributed by atoms with E-state index in [-0.39, 0.29) is 6.04 Å². The highest BCUT2D eigenvalue weighted by Gasteiger charge is 2.13. The molecule has 1 heterocycles. The van der Waals surface area contributed by atoms with Crippen molar-refractivity contribution in [3.8, 4) is 5.75 Å². The molecule has 1 aromatic carbocycles. The zero-order valence-electron chi connectivity index (χ0n) is 13.0. The summed E-state index contributed by atoms with van der Waals surface area (Å²) in [6.45, 7) is 4.13. The van der Waals surface area contributed by atoms with Gasteiger partial charge in [-0.05, 0) is 49.9 Å². The summed E-state index contributed by atoms with van der Waals surface area (Å²) in [7, 11) is 3.58. The Bertz CT molecular complexity index is 637. The van der Waals surface area contributed by atoms with E-state index in [4.69, 9.17) is 22.1 Å². The van der Waals surface area contributed by atoms with Gasteiger partial charge in [0.1, 0.15) is 5.75 Å². The Morgan fingerprint density at radius 2 is 2.10 bits per heavy atom. The largest absolute Gasteiger partial charge is 0.495 e. The number of hydrogen-bond acceptors (Lipinski definition) is 3. The van der Waals surface area contributed by atoms with Gasteiger partial charge in [-0.3, -0.25) is 4.68 Å². The number of hydrogen-bond donors (Lipinski definition) is 1. The van der Waals surface area contributed by atoms with Crippen molar-refractivity contribution in [2.75, 3.05) is 7.11 Å². The molecule has 0 spiro atoms. The van der Waals surface area contributed by atoms with Crippen LogP contribution in [0, 0.1) is 13.8 Å². The Kier molecular flexibility index (Phi) is 4.91. The van der Waals surface area contributed by atoms with E-state index in [2.05, 4.69) is 12.0 Å². The maximum absolute atomic E-state index is 6.30. The molecule has 114 valence electrons. The Hall–Kier alpha value is -1.52. The molecule has 1 atom stereocenters. The number of nitrogens with zero attached hydrogens (tertiary/aromatic N) is 2. The molecule has 0 radical (unpaired) electrons. The smallest absolute Gasteiger partial charge is 0.137 e. The van der Waals surface area contributed by atoms with E-state index in [1.54, 1.807) is 7.11 Å². The molecule has 0 amide bonds. The summed E-state index contributed by atoms with van der Waals surface area (Å²) in [6, 6.07) is 5.65. The van der Waals surface area contributed by atoms with Crippen LogP contribution in [0.15, 0.2) is 18.2 Å². The van der Waals surface area contributed by atoms with Gasteiger partial charge in [0, 0.05) is 18.8 Å². The molecule has 5 heteroatoms. The van der Waals surface area contributed by atoms with Crippen molar-refractivity contribution in [2.24, 2.45) is 12.8 Å². The van der Waals surface area contributed by atoms with E-state index in [1.165, 1.54) is 11.3 Å². The van der Waals surface area contributed by atoms with Crippen LogP contribution in [-0.2, 0) is 13.5 Å². The second-order valence-corrected chi connectivity index (χ2v) is 5.72. The molecule has 2 aromatic rings. The van der Waals surface area contributed by atoms with Gasteiger partial charge in [-0.2, -0.15) is 5.10 Å². The minimum Gasteiger partial charge on any atom is -0.495 e. The van der Waals surface area contributed by atoms with Crippen LogP contribution in [0.3, 0.4) is 0 Å². The molecular weight excluding hydrogens is 286 g/mol. The summed E-state index contributed by atoms with van der Waals surface area (Å²) in [5, 5.41) is 5.04. The number of rotatable bonds is 5. The molecule has 0 saturated heterocycles. The molecule has 1 aromatic heterocycles. The van der Waals surface area contributed by atoms with Crippen molar-refractivity contribution >= 4 is 11.6 Å². The van der Waals surface area contributed by atoms with Crippen molar-refractivity contribution in [1.29, 1.82) is 0 Å². The molecule has 2 N–H and O–H groups in total. The van der Waals surface area contributed by atoms with Crippen molar-refractivity contribution < 1.29 is 4.74 Å². The van der Waals surface area contributed by atoms with Crippen LogP contribution in [-0.4, -0.2) is 16.9 Å². The lowest BCUT2D eigenvalue weighted by Crippen LogP contribution is -2.12. The number of methoxy groups -OCH3 is 1. The second kappa shape index (κ2) is 6.50. The number of aromatic nitrogens is 2. The van der Waals surface area contributed by atoms with Crippen molar-refractivity contribution in [3.05, 3.63) is 45.7 Å². The van der Waals surface area contributed by atoms with Gasteiger partial charge in [-0.15, -0.1) is 0 Å². The minimum atomic E-state index is -0.0461. The highest BCUT2D eigenvalue weighted by atomic mass is 35.5. The first-order valence-corrected chi connectivity index (χ1v) is 7.40. The summed E-state index contributed by atoms with van der Waals surface area (Å²) >= 11 is 6.04. The van der Waals surface area contributed by atoms with E-state index in [9.17, 15) is 0 Å². The molecule has 2 rings (SSSR count). The first-order valence-electron chi connectivity index (χ1n) is 7.02. The fraction of sp³-hybridized carbons (Fsp3) is 0.438. The molecule has 0 fully saturated rings. The van der Waals surface area contributed by atoms with Crippen LogP contribution in [0.25, 0.3) is 0 Å². The van der Waals surface area contributed by atoms with Gasteiger partial charge in [0.25, 0.3) is 0 Å². The van der Waals surface area contributed by atoms with Crippen LogP contribution in [0.2, 0.25) is 5.02 Å². The lowest BCUT2D eigenvalue weighted by Gasteiger charge is -2.14. The Morgan fingerprint density at radius 1 is 1.38 bits per heavy atom. The van der Waals surface area contributed by atoms with Gasteiger partial charge >= 0.3 is 0 Å². The molecule has 1 unspecified atom stereocenters. The molecular formula is C16H22ClN3O. The zero-order valence-corrected chi connectivity index (χ0v) is 13.7. The van der Waals surface area contributed by atoms with Gasteiger partial charge in [-0.1, -0.05) is 17.7 Å². The molecule has 0 aliphatic rings. The Balaban J connectivity index is 2.09. The van der Waals surface area contributed by atoms with Crippen LogP contribution in [0.4, 0.5) is 0 Å². The fourth-order valence-corrected chi connectivity index (χ4v) is 2.75. The van der Waals surface area contributed by atoms with E-state index in [1.807, 2.05) is 36.9 Å². The minimum absolute atomic E-state index is 0.0461. The SMILES string of the molecule is COc1cc(C(N)CCc2c(C)nn(C)c2C)ccc1Cl. The third-order valence-electron chi connectivity index (χ3n) is 3.97. The summed E-state index contributed by atoms with van der Waals surface area (Å²) in [6.07, 6.45) is 1.77. The van der Waals surface area contributed by atoms with Gasteiger partial charge in [0.05, 0.1) is 17.8 Å². The normalized spacial score (nSPS) is 12.5. The highest BCUT2D eigenvalue weighted by Crippen LogP contribution is 2.29. The van der Waals surface area contributed by atoms with Crippen molar-refractivity contribution in [1.82, 2.24) is 9.78 Å². The van der Waals surface area contributed by atoms with Gasteiger partial charge in [0.15, 0.2) is 0 Å². The standard InChI is InChI=1S/C16H22ClN3O/c1-10-13(11(2)20(3)19-10)6-8-15(18)12-5-7-14(17)16(9-12)21-4/h5,7,9,15H,6,8,18H2,1-4H3. The molecule has 0 bridgehead atoms. The molecule has 4 nitrogen and oxygen atoms in total. The summed E-state index contributed by atoms with van der Waals surface area (Å²) < 4.78 is 7.16. The first-order chi connectivity index (χ1) is 9.93. The van der Waals surface area contributed by atoms with E-state index in [0.717, 1.165) is 24.1 Å². The van der Waals surface area contributed by atoms with Crippen LogP contribution < -0.4 is 10.5 Å². The van der Waals surface area contributed by atoms with E-state index < -0.39 is 0 Å². The van der Waals surface area contributed by atoms with Gasteiger partial charge in [0.2, 0.25) is 0 Å². The number of nitrogens with two attached hydrogens (primary N) is 1. The summed E-state index contributed by atoms with van der Waals surface area (Å²) in [4.78, 5) is 0. The molecule has 0 aliphatic carbocycles. The number of aryl methyl sites for hydroxylation is 2. The number of ether oxygens (including phenoxy) is 1. The monoisotopic (exact) mass is 307 g/mol. The Labute approximate surface area is 130 Å². The lowest BCUT2D eigenvalue weighted by atomic mass is 9.98. The second-order valence-electron chi connectivity index (χ2n) is 5.31. The lowest BCUT2D eigenvalue weighted by molar-refractivity contribution is 0.414. The van der Waals surface area contributed by atoms with E-state index >= 15 is 0 Å². The van der Waals surface area contributed by atoms with Crippen LogP contribution in [0.1, 0.15) is 35.0 Å². The molecule has 0 saturated carbocycles. The average molecular weight is 308 g/mol. The van der Waals surface area contributed by atoms with Crippen LogP contribution in [0.5, 0.6) is 5.75 Å². The van der Waals surface area contributed by atoms with Gasteiger partial charge < -0.3 is 10.5 Å².